The number of fused-ring (bicyclic) bond motifs is 1. The molecule has 74 valence electrons. The second kappa shape index (κ2) is 2.27. The summed E-state index contributed by atoms with van der Waals surface area (Å²) in [5, 5.41) is 21.9. The van der Waals surface area contributed by atoms with Crippen LogP contribution in [0.4, 0.5) is 0 Å². The molecule has 0 aromatic carbocycles. The lowest BCUT2D eigenvalue weighted by atomic mass is 9.85. The Kier molecular flexibility index (Phi) is 1.57. The van der Waals surface area contributed by atoms with E-state index in [0.717, 1.165) is 12.8 Å². The van der Waals surface area contributed by atoms with Gasteiger partial charge in [-0.25, -0.2) is 0 Å². The second-order valence-electron chi connectivity index (χ2n) is 5.26. The van der Waals surface area contributed by atoms with Crippen LogP contribution in [-0.2, 0) is 0 Å². The minimum absolute atomic E-state index is 0.330. The number of aliphatic hydroxyl groups is 1. The highest BCUT2D eigenvalue weighted by molar-refractivity contribution is 5.93. The lowest BCUT2D eigenvalue weighted by Crippen LogP contribution is -2.39. The van der Waals surface area contributed by atoms with Crippen molar-refractivity contribution in [2.24, 2.45) is 22.4 Å². The molecule has 3 heteroatoms. The molecule has 2 aliphatic carbocycles. The smallest absolute Gasteiger partial charge is 0.103 e. The summed E-state index contributed by atoms with van der Waals surface area (Å²) in [7, 11) is 0. The van der Waals surface area contributed by atoms with Crippen molar-refractivity contribution in [2.45, 2.75) is 39.2 Å². The quantitative estimate of drug-likeness (QED) is 0.443. The normalized spacial score (nSPS) is 50.3. The van der Waals surface area contributed by atoms with Crippen LogP contribution in [0.25, 0.3) is 0 Å². The first-order valence-corrected chi connectivity index (χ1v) is 4.83. The van der Waals surface area contributed by atoms with Crippen LogP contribution in [0.5, 0.6) is 0 Å². The lowest BCUT2D eigenvalue weighted by Gasteiger charge is -2.27. The Hall–Kier alpha value is -0.570. The zero-order valence-corrected chi connectivity index (χ0v) is 8.41. The maximum Gasteiger partial charge on any atom is 0.103 e. The number of oxime groups is 1. The second-order valence-corrected chi connectivity index (χ2v) is 5.26. The molecule has 13 heavy (non-hydrogen) atoms. The first-order valence-electron chi connectivity index (χ1n) is 4.83. The van der Waals surface area contributed by atoms with E-state index in [1.54, 1.807) is 6.92 Å². The molecule has 0 unspecified atom stereocenters. The van der Waals surface area contributed by atoms with Gasteiger partial charge in [-0.15, -0.1) is 0 Å². The summed E-state index contributed by atoms with van der Waals surface area (Å²) < 4.78 is 0. The third kappa shape index (κ3) is 1.10. The summed E-state index contributed by atoms with van der Waals surface area (Å²) in [6.07, 6.45) is 1.49. The van der Waals surface area contributed by atoms with E-state index in [1.165, 1.54) is 0 Å². The van der Waals surface area contributed by atoms with E-state index in [1.807, 2.05) is 0 Å². The molecule has 0 bridgehead atoms. The summed E-state index contributed by atoms with van der Waals surface area (Å²) >= 11 is 0. The van der Waals surface area contributed by atoms with Crippen LogP contribution >= 0.6 is 0 Å². The highest BCUT2D eigenvalue weighted by Gasteiger charge is 2.63. The highest BCUT2D eigenvalue weighted by Crippen LogP contribution is 2.65. The van der Waals surface area contributed by atoms with Gasteiger partial charge in [-0.1, -0.05) is 19.0 Å². The van der Waals surface area contributed by atoms with E-state index in [4.69, 9.17) is 5.21 Å². The van der Waals surface area contributed by atoms with Crippen molar-refractivity contribution in [2.75, 3.05) is 0 Å². The van der Waals surface area contributed by atoms with Gasteiger partial charge in [0.05, 0.1) is 5.71 Å². The van der Waals surface area contributed by atoms with Crippen molar-refractivity contribution in [1.82, 2.24) is 0 Å². The van der Waals surface area contributed by atoms with Gasteiger partial charge in [-0.3, -0.25) is 0 Å². The average molecular weight is 183 g/mol. The number of nitrogens with zero attached hydrogens (tertiary/aromatic N) is 1. The summed E-state index contributed by atoms with van der Waals surface area (Å²) in [5.74, 6) is 1.21. The Balaban J connectivity index is 2.22. The number of rotatable bonds is 0. The molecule has 3 nitrogen and oxygen atoms in total. The Morgan fingerprint density at radius 2 is 1.92 bits per heavy atom. The largest absolute Gasteiger partial charge is 0.411 e. The van der Waals surface area contributed by atoms with Crippen molar-refractivity contribution < 1.29 is 10.3 Å². The van der Waals surface area contributed by atoms with Gasteiger partial charge < -0.3 is 10.3 Å². The first-order chi connectivity index (χ1) is 5.89. The zero-order valence-electron chi connectivity index (χ0n) is 8.41. The summed E-state index contributed by atoms with van der Waals surface area (Å²) in [6, 6.07) is 0. The monoisotopic (exact) mass is 183 g/mol. The van der Waals surface area contributed by atoms with Crippen molar-refractivity contribution in [3.05, 3.63) is 0 Å². The van der Waals surface area contributed by atoms with E-state index in [9.17, 15) is 5.11 Å². The number of hydrogen-bond donors (Lipinski definition) is 2. The molecule has 2 fully saturated rings. The van der Waals surface area contributed by atoms with Crippen LogP contribution < -0.4 is 0 Å². The third-order valence-corrected chi connectivity index (χ3v) is 4.06. The number of hydrogen-bond acceptors (Lipinski definition) is 3. The minimum atomic E-state index is -0.885. The molecule has 0 spiro atoms. The Bertz CT molecular complexity index is 268. The van der Waals surface area contributed by atoms with E-state index in [-0.39, 0.29) is 0 Å². The molecule has 0 amide bonds. The molecule has 0 heterocycles. The van der Waals surface area contributed by atoms with Gasteiger partial charge in [0.15, 0.2) is 0 Å². The fourth-order valence-corrected chi connectivity index (χ4v) is 2.79. The van der Waals surface area contributed by atoms with Gasteiger partial charge in [0.25, 0.3) is 0 Å². The summed E-state index contributed by atoms with van der Waals surface area (Å²) in [6.45, 7) is 6.18. The van der Waals surface area contributed by atoms with E-state index in [2.05, 4.69) is 19.0 Å². The molecule has 0 radical (unpaired) electrons. The van der Waals surface area contributed by atoms with Crippen molar-refractivity contribution >= 4 is 5.71 Å². The third-order valence-electron chi connectivity index (χ3n) is 4.06. The van der Waals surface area contributed by atoms with Gasteiger partial charge in [-0.05, 0) is 37.0 Å². The zero-order chi connectivity index (χ0) is 9.85. The van der Waals surface area contributed by atoms with Gasteiger partial charge in [0.1, 0.15) is 5.60 Å². The van der Waals surface area contributed by atoms with Crippen LogP contribution in [0.2, 0.25) is 0 Å². The van der Waals surface area contributed by atoms with Gasteiger partial charge in [-0.2, -0.15) is 0 Å². The fraction of sp³-hybridized carbons (Fsp3) is 0.900. The molecule has 2 aliphatic rings. The van der Waals surface area contributed by atoms with Gasteiger partial charge in [0.2, 0.25) is 0 Å². The predicted octanol–water partition coefficient (Wildman–Crippen LogP) is 1.63. The molecule has 0 aliphatic heterocycles. The van der Waals surface area contributed by atoms with Crippen LogP contribution in [0.1, 0.15) is 33.6 Å². The minimum Gasteiger partial charge on any atom is -0.411 e. The van der Waals surface area contributed by atoms with E-state index < -0.39 is 5.60 Å². The standard InChI is InChI=1S/C10H17NO2/c1-9(2)6-4-8(11-13)10(3,12)5-7(6)9/h6-7,12-13H,4-5H2,1-3H3/b11-8+/t6-,7-,10+/m0/s1. The molecule has 2 rings (SSSR count). The van der Waals surface area contributed by atoms with Crippen molar-refractivity contribution in [3.8, 4) is 0 Å². The highest BCUT2D eigenvalue weighted by atomic mass is 16.4. The topological polar surface area (TPSA) is 52.8 Å². The van der Waals surface area contributed by atoms with Gasteiger partial charge >= 0.3 is 0 Å². The van der Waals surface area contributed by atoms with Gasteiger partial charge in [0, 0.05) is 0 Å². The Morgan fingerprint density at radius 3 is 2.46 bits per heavy atom. The SMILES string of the molecule is CC1(C)[C@H]2C/C(=N\O)[C@](C)(O)C[C@@H]21. The summed E-state index contributed by atoms with van der Waals surface area (Å²) in [5.41, 5.74) is -0.000509. The predicted molar refractivity (Wildman–Crippen MR) is 49.8 cm³/mol. The molecular weight excluding hydrogens is 166 g/mol. The van der Waals surface area contributed by atoms with Crippen LogP contribution in [0, 0.1) is 17.3 Å². The lowest BCUT2D eigenvalue weighted by molar-refractivity contribution is 0.0971. The molecule has 0 aromatic rings. The average Bonchev–Trinajstić information content (AvgIpc) is 2.50. The van der Waals surface area contributed by atoms with E-state index >= 15 is 0 Å². The van der Waals surface area contributed by atoms with Crippen LogP contribution in [0.15, 0.2) is 5.16 Å². The van der Waals surface area contributed by atoms with Crippen molar-refractivity contribution in [3.63, 3.8) is 0 Å². The maximum absolute atomic E-state index is 9.97. The van der Waals surface area contributed by atoms with Crippen LogP contribution in [-0.4, -0.2) is 21.6 Å². The van der Waals surface area contributed by atoms with E-state index in [0.29, 0.717) is 23.0 Å². The molecule has 3 atom stereocenters. The van der Waals surface area contributed by atoms with Crippen molar-refractivity contribution in [1.29, 1.82) is 0 Å². The molecule has 0 aromatic heterocycles. The molecule has 2 saturated carbocycles. The fourth-order valence-electron chi connectivity index (χ4n) is 2.79. The maximum atomic E-state index is 9.97. The Morgan fingerprint density at radius 1 is 1.31 bits per heavy atom. The van der Waals surface area contributed by atoms with Crippen LogP contribution in [0.3, 0.4) is 0 Å². The first kappa shape index (κ1) is 9.00. The molecule has 0 saturated heterocycles. The Labute approximate surface area is 78.4 Å². The molecular formula is C10H17NO2. The molecule has 2 N–H and O–H groups in total. The summed E-state index contributed by atoms with van der Waals surface area (Å²) in [4.78, 5) is 0.